The molecule has 0 fully saturated rings. The molecule has 160 valence electrons. The van der Waals surface area contributed by atoms with Crippen LogP contribution in [0.2, 0.25) is 20.1 Å². The summed E-state index contributed by atoms with van der Waals surface area (Å²) in [6, 6.07) is 2.25. The van der Waals surface area contributed by atoms with Crippen molar-refractivity contribution < 1.29 is 19.0 Å². The molecule has 0 amide bonds. The quantitative estimate of drug-likeness (QED) is 0.211. The summed E-state index contributed by atoms with van der Waals surface area (Å²) in [4.78, 5) is 4.91. The van der Waals surface area contributed by atoms with Crippen LogP contribution in [0.4, 0.5) is 0 Å². The highest BCUT2D eigenvalue weighted by Crippen LogP contribution is 2.54. The minimum Gasteiger partial charge on any atom is -0.386 e. The van der Waals surface area contributed by atoms with Gasteiger partial charge in [-0.15, -0.1) is 15.8 Å². The van der Waals surface area contributed by atoms with Crippen molar-refractivity contribution in [1.29, 1.82) is 15.8 Å². The summed E-state index contributed by atoms with van der Waals surface area (Å²) in [5, 5.41) is 29.2. The number of hydrogen-bond donors (Lipinski definition) is 0. The van der Waals surface area contributed by atoms with Crippen molar-refractivity contribution in [3.63, 3.8) is 0 Å². The van der Waals surface area contributed by atoms with E-state index >= 15 is 0 Å². The zero-order valence-corrected chi connectivity index (χ0v) is 19.4. The van der Waals surface area contributed by atoms with Gasteiger partial charge in [-0.25, -0.2) is 0 Å². The van der Waals surface area contributed by atoms with E-state index in [0.717, 1.165) is 12.1 Å². The number of nitriles is 3. The molecule has 14 heteroatoms. The molecule has 0 saturated carbocycles. The van der Waals surface area contributed by atoms with Gasteiger partial charge in [-0.1, -0.05) is 69.6 Å². The molecule has 2 aromatic carbocycles. The summed E-state index contributed by atoms with van der Waals surface area (Å²) in [6.07, 6.45) is 4.24. The Morgan fingerprint density at radius 3 is 1.38 bits per heavy atom. The fraction of sp³-hybridized carbons (Fsp3) is 0. The van der Waals surface area contributed by atoms with Crippen LogP contribution in [0.25, 0.3) is 10.6 Å². The Labute approximate surface area is 210 Å². The van der Waals surface area contributed by atoms with Crippen LogP contribution in [0.1, 0.15) is 11.1 Å². The topological polar surface area (TPSA) is 113 Å². The molecule has 0 radical (unpaired) electrons. The molecule has 0 aliphatic carbocycles. The monoisotopic (exact) mass is 548 g/mol. The molecule has 0 heterocycles. The van der Waals surface area contributed by atoms with Gasteiger partial charge >= 0.3 is 0 Å². The van der Waals surface area contributed by atoms with E-state index in [1.807, 2.05) is 0 Å². The van der Waals surface area contributed by atoms with Gasteiger partial charge in [0.15, 0.2) is 17.2 Å². The lowest BCUT2D eigenvalue weighted by atomic mass is 9.95. The van der Waals surface area contributed by atoms with Crippen molar-refractivity contribution in [2.75, 3.05) is 0 Å². The number of halogens is 6. The average molecular weight is 551 g/mol. The Morgan fingerprint density at radius 1 is 0.719 bits per heavy atom. The summed E-state index contributed by atoms with van der Waals surface area (Å²) in [5.41, 5.74) is -1.02. The Bertz CT molecular complexity index is 1120. The van der Waals surface area contributed by atoms with Gasteiger partial charge in [0.2, 0.25) is 5.75 Å². The van der Waals surface area contributed by atoms with Crippen molar-refractivity contribution in [3.05, 3.63) is 59.4 Å². The van der Waals surface area contributed by atoms with Crippen LogP contribution >= 0.6 is 69.6 Å². The molecule has 0 atom stereocenters. The molecule has 32 heavy (non-hydrogen) atoms. The zero-order valence-electron chi connectivity index (χ0n) is 14.8. The first-order chi connectivity index (χ1) is 15.2. The summed E-state index contributed by atoms with van der Waals surface area (Å²) in [5.74, 6) is -1.59. The maximum absolute atomic E-state index is 9.09. The van der Waals surface area contributed by atoms with Gasteiger partial charge in [0.05, 0.1) is 31.2 Å². The normalized spacial score (nSPS) is 9.44. The predicted octanol–water partition coefficient (Wildman–Crippen LogP) is 7.29. The fourth-order valence-corrected chi connectivity index (χ4v) is 3.96. The second-order valence-corrected chi connectivity index (χ2v) is 7.72. The molecule has 0 spiro atoms. The van der Waals surface area contributed by atoms with Gasteiger partial charge in [0.1, 0.15) is 4.49 Å². The maximum atomic E-state index is 9.09. The Hall–Kier alpha value is -2.92. The highest BCUT2D eigenvalue weighted by Gasteiger charge is 2.34. The SMILES string of the molecule is [C-]#[N+]Oc1c(Cl)cc(Cl)c(OC#N)c1C(=C(Cl)Cl)c1c(OC#N)c(Cl)cc(Cl)c1OC#N. The number of benzene rings is 2. The molecule has 0 bridgehead atoms. The lowest BCUT2D eigenvalue weighted by molar-refractivity contribution is 0.458. The summed E-state index contributed by atoms with van der Waals surface area (Å²) in [6.45, 7) is 7.04. The maximum Gasteiger partial charge on any atom is 0.292 e. The van der Waals surface area contributed by atoms with E-state index in [-0.39, 0.29) is 36.8 Å². The first kappa shape index (κ1) is 25.3. The van der Waals surface area contributed by atoms with E-state index in [1.165, 1.54) is 18.8 Å². The first-order valence-electron chi connectivity index (χ1n) is 7.54. The van der Waals surface area contributed by atoms with Crippen molar-refractivity contribution in [1.82, 2.24) is 0 Å². The third-order valence-corrected chi connectivity index (χ3v) is 5.05. The van der Waals surface area contributed by atoms with E-state index in [2.05, 4.69) is 5.01 Å². The van der Waals surface area contributed by atoms with Gasteiger partial charge < -0.3 is 14.2 Å². The molecule has 0 aliphatic heterocycles. The molecular weight excluding hydrogens is 549 g/mol. The van der Waals surface area contributed by atoms with Crippen LogP contribution in [-0.4, -0.2) is 0 Å². The number of nitrogens with zero attached hydrogens (tertiary/aromatic N) is 4. The molecule has 8 nitrogen and oxygen atoms in total. The minimum absolute atomic E-state index is 0.211. The summed E-state index contributed by atoms with van der Waals surface area (Å²) < 4.78 is 14.2. The van der Waals surface area contributed by atoms with Gasteiger partial charge in [-0.05, 0) is 17.1 Å². The van der Waals surface area contributed by atoms with Crippen molar-refractivity contribution in [2.24, 2.45) is 0 Å². The molecular formula is C18H2Cl6N4O4. The molecule has 0 N–H and O–H groups in total. The van der Waals surface area contributed by atoms with Crippen LogP contribution in [0.3, 0.4) is 0 Å². The number of hydrogen-bond acceptors (Lipinski definition) is 7. The predicted molar refractivity (Wildman–Crippen MR) is 117 cm³/mol. The summed E-state index contributed by atoms with van der Waals surface area (Å²) in [7, 11) is 0. The second-order valence-electron chi connectivity index (χ2n) is 5.14. The van der Waals surface area contributed by atoms with E-state index in [1.54, 1.807) is 0 Å². The van der Waals surface area contributed by atoms with Crippen LogP contribution in [0.5, 0.6) is 23.0 Å². The highest BCUT2D eigenvalue weighted by atomic mass is 35.5. The van der Waals surface area contributed by atoms with E-state index in [9.17, 15) is 0 Å². The van der Waals surface area contributed by atoms with Gasteiger partial charge in [-0.2, -0.15) is 11.4 Å². The van der Waals surface area contributed by atoms with Crippen LogP contribution in [0, 0.1) is 41.1 Å². The lowest BCUT2D eigenvalue weighted by Gasteiger charge is -2.19. The standard InChI is InChI=1S/C18H2Cl6N4O4/c1-28-32-17-10(22)3-9(21)16(31-6-27)13(17)11(18(23)24)12-14(29-4-25)7(19)2-8(20)15(12)30-5-26/h2-3H. The van der Waals surface area contributed by atoms with Gasteiger partial charge in [0.25, 0.3) is 18.8 Å². The van der Waals surface area contributed by atoms with Crippen molar-refractivity contribution in [2.45, 2.75) is 0 Å². The molecule has 2 rings (SSSR count). The average Bonchev–Trinajstić information content (AvgIpc) is 2.72. The van der Waals surface area contributed by atoms with E-state index in [4.69, 9.17) is 111 Å². The second kappa shape index (κ2) is 11.1. The fourth-order valence-electron chi connectivity index (χ4n) is 2.51. The molecule has 0 saturated heterocycles. The molecule has 0 aliphatic rings. The smallest absolute Gasteiger partial charge is 0.292 e. The molecule has 0 unspecified atom stereocenters. The third-order valence-electron chi connectivity index (χ3n) is 3.55. The van der Waals surface area contributed by atoms with Crippen LogP contribution in [0.15, 0.2) is 16.6 Å². The summed E-state index contributed by atoms with van der Waals surface area (Å²) >= 11 is 36.9. The highest BCUT2D eigenvalue weighted by molar-refractivity contribution is 6.59. The zero-order chi connectivity index (χ0) is 24.0. The Balaban J connectivity index is 3.20. The number of rotatable bonds is 6. The lowest BCUT2D eigenvalue weighted by Crippen LogP contribution is -2.03. The minimum atomic E-state index is -0.579. The van der Waals surface area contributed by atoms with Crippen molar-refractivity contribution >= 4 is 75.2 Å². The first-order valence-corrected chi connectivity index (χ1v) is 9.81. The van der Waals surface area contributed by atoms with E-state index < -0.39 is 27.5 Å². The molecule has 2 aromatic rings. The largest absolute Gasteiger partial charge is 0.386 e. The Morgan fingerprint density at radius 2 is 1.06 bits per heavy atom. The van der Waals surface area contributed by atoms with Crippen LogP contribution < -0.4 is 19.0 Å². The third kappa shape index (κ3) is 4.94. The van der Waals surface area contributed by atoms with E-state index in [0.29, 0.717) is 0 Å². The van der Waals surface area contributed by atoms with Crippen LogP contribution in [-0.2, 0) is 0 Å². The van der Waals surface area contributed by atoms with Crippen molar-refractivity contribution in [3.8, 4) is 41.8 Å². The Kier molecular flexibility index (Phi) is 8.79. The molecule has 0 aromatic heterocycles. The number of ether oxygens (including phenoxy) is 3. The van der Waals surface area contributed by atoms with Gasteiger partial charge in [0, 0.05) is 5.57 Å². The van der Waals surface area contributed by atoms with Gasteiger partial charge in [-0.3, -0.25) is 0 Å².